The zero-order valence-corrected chi connectivity index (χ0v) is 23.9. The molecule has 0 aromatic heterocycles. The molecule has 0 aliphatic carbocycles. The standard InChI is InChI=1S/C38H43F/c1-3-5-7-8-10-12-34-24-28-37-36(29-34)27-26-35(38(37)39)25-23-33-21-19-32(20-22-33)18-17-31-15-13-30(14-16-31)11-9-6-4-2/h13-16,19-22,24,26-29H,3-12,17-18H2,1-2H3. The van der Waals surface area contributed by atoms with Gasteiger partial charge in [0.2, 0.25) is 0 Å². The first-order valence-corrected chi connectivity index (χ1v) is 15.1. The molecular formula is C38H43F. The molecule has 0 aliphatic rings. The third kappa shape index (κ3) is 8.83. The van der Waals surface area contributed by atoms with Crippen LogP contribution in [0.5, 0.6) is 0 Å². The number of aryl methyl sites for hydroxylation is 4. The zero-order chi connectivity index (χ0) is 27.3. The van der Waals surface area contributed by atoms with Crippen LogP contribution < -0.4 is 0 Å². The molecule has 4 aromatic carbocycles. The summed E-state index contributed by atoms with van der Waals surface area (Å²) in [4.78, 5) is 0. The molecule has 202 valence electrons. The fraction of sp³-hybridized carbons (Fsp3) is 0.368. The Kier molecular flexibility index (Phi) is 11.2. The summed E-state index contributed by atoms with van der Waals surface area (Å²) in [5, 5.41) is 1.61. The number of fused-ring (bicyclic) bond motifs is 1. The first-order valence-electron chi connectivity index (χ1n) is 15.1. The Morgan fingerprint density at radius 2 is 1.05 bits per heavy atom. The second kappa shape index (κ2) is 15.3. The fourth-order valence-electron chi connectivity index (χ4n) is 5.16. The van der Waals surface area contributed by atoms with E-state index >= 15 is 4.39 Å². The van der Waals surface area contributed by atoms with Crippen LogP contribution in [0.1, 0.15) is 98.6 Å². The van der Waals surface area contributed by atoms with E-state index in [0.29, 0.717) is 10.9 Å². The molecule has 4 rings (SSSR count). The monoisotopic (exact) mass is 518 g/mol. The molecule has 0 N–H and O–H groups in total. The summed E-state index contributed by atoms with van der Waals surface area (Å²) in [6.07, 6.45) is 14.5. The van der Waals surface area contributed by atoms with E-state index < -0.39 is 0 Å². The van der Waals surface area contributed by atoms with Gasteiger partial charge >= 0.3 is 0 Å². The second-order valence-corrected chi connectivity index (χ2v) is 10.9. The van der Waals surface area contributed by atoms with Crippen molar-refractivity contribution in [3.8, 4) is 11.8 Å². The average Bonchev–Trinajstić information content (AvgIpc) is 2.97. The van der Waals surface area contributed by atoms with Crippen molar-refractivity contribution in [2.24, 2.45) is 0 Å². The Balaban J connectivity index is 1.32. The van der Waals surface area contributed by atoms with E-state index in [1.54, 1.807) is 0 Å². The highest BCUT2D eigenvalue weighted by Crippen LogP contribution is 2.23. The molecule has 0 saturated heterocycles. The first kappa shape index (κ1) is 28.6. The van der Waals surface area contributed by atoms with Gasteiger partial charge in [0.1, 0.15) is 5.82 Å². The minimum Gasteiger partial charge on any atom is -0.205 e. The van der Waals surface area contributed by atoms with Crippen molar-refractivity contribution in [1.29, 1.82) is 0 Å². The SMILES string of the molecule is CCCCCCCc1ccc2c(F)c(C#Cc3ccc(CCc4ccc(CCCCC)cc4)cc3)ccc2c1. The molecule has 4 aromatic rings. The highest BCUT2D eigenvalue weighted by atomic mass is 19.1. The maximum absolute atomic E-state index is 15.2. The number of hydrogen-bond donors (Lipinski definition) is 0. The van der Waals surface area contributed by atoms with Crippen LogP contribution >= 0.6 is 0 Å². The Morgan fingerprint density at radius 3 is 1.74 bits per heavy atom. The Bertz CT molecular complexity index is 1370. The lowest BCUT2D eigenvalue weighted by molar-refractivity contribution is 0.631. The van der Waals surface area contributed by atoms with E-state index in [1.165, 1.54) is 80.0 Å². The van der Waals surface area contributed by atoms with E-state index in [1.807, 2.05) is 30.3 Å². The molecule has 0 nitrogen and oxygen atoms in total. The van der Waals surface area contributed by atoms with Gasteiger partial charge in [-0.3, -0.25) is 0 Å². The maximum atomic E-state index is 15.2. The van der Waals surface area contributed by atoms with Crippen molar-refractivity contribution < 1.29 is 4.39 Å². The van der Waals surface area contributed by atoms with E-state index in [2.05, 4.69) is 74.2 Å². The van der Waals surface area contributed by atoms with Crippen molar-refractivity contribution in [1.82, 2.24) is 0 Å². The van der Waals surface area contributed by atoms with Gasteiger partial charge in [-0.15, -0.1) is 0 Å². The van der Waals surface area contributed by atoms with E-state index in [4.69, 9.17) is 0 Å². The predicted molar refractivity (Wildman–Crippen MR) is 166 cm³/mol. The molecule has 39 heavy (non-hydrogen) atoms. The molecule has 0 bridgehead atoms. The summed E-state index contributed by atoms with van der Waals surface area (Å²) in [7, 11) is 0. The molecule has 0 amide bonds. The third-order valence-corrected chi connectivity index (χ3v) is 7.68. The number of rotatable bonds is 13. The van der Waals surface area contributed by atoms with Crippen molar-refractivity contribution in [2.45, 2.75) is 90.9 Å². The zero-order valence-electron chi connectivity index (χ0n) is 23.9. The number of halogens is 1. The van der Waals surface area contributed by atoms with Gasteiger partial charge in [-0.1, -0.05) is 125 Å². The van der Waals surface area contributed by atoms with Crippen LogP contribution in [0.25, 0.3) is 10.8 Å². The van der Waals surface area contributed by atoms with Crippen LogP contribution in [0, 0.1) is 17.7 Å². The maximum Gasteiger partial charge on any atom is 0.146 e. The minimum absolute atomic E-state index is 0.220. The summed E-state index contributed by atoms with van der Waals surface area (Å²) >= 11 is 0. The summed E-state index contributed by atoms with van der Waals surface area (Å²) in [5.41, 5.74) is 6.77. The molecule has 0 saturated carbocycles. The van der Waals surface area contributed by atoms with Gasteiger partial charge in [0.15, 0.2) is 0 Å². The lowest BCUT2D eigenvalue weighted by Crippen LogP contribution is -1.93. The van der Waals surface area contributed by atoms with Gasteiger partial charge in [0.25, 0.3) is 0 Å². The predicted octanol–water partition coefficient (Wildman–Crippen LogP) is 10.4. The Hall–Kier alpha value is -3.37. The van der Waals surface area contributed by atoms with Crippen molar-refractivity contribution in [3.05, 3.63) is 118 Å². The lowest BCUT2D eigenvalue weighted by atomic mass is 9.99. The summed E-state index contributed by atoms with van der Waals surface area (Å²) in [6.45, 7) is 4.49. The van der Waals surface area contributed by atoms with Crippen LogP contribution in [-0.4, -0.2) is 0 Å². The van der Waals surface area contributed by atoms with Crippen LogP contribution in [0.2, 0.25) is 0 Å². The van der Waals surface area contributed by atoms with Crippen molar-refractivity contribution >= 4 is 10.8 Å². The lowest BCUT2D eigenvalue weighted by Gasteiger charge is -2.06. The Morgan fingerprint density at radius 1 is 0.513 bits per heavy atom. The van der Waals surface area contributed by atoms with Gasteiger partial charge < -0.3 is 0 Å². The van der Waals surface area contributed by atoms with E-state index in [9.17, 15) is 0 Å². The molecule has 0 unspecified atom stereocenters. The summed E-state index contributed by atoms with van der Waals surface area (Å²) < 4.78 is 15.2. The highest BCUT2D eigenvalue weighted by molar-refractivity contribution is 5.85. The molecule has 0 radical (unpaired) electrons. The van der Waals surface area contributed by atoms with Crippen LogP contribution in [0.3, 0.4) is 0 Å². The third-order valence-electron chi connectivity index (χ3n) is 7.68. The molecule has 0 aliphatic heterocycles. The number of benzene rings is 4. The first-order chi connectivity index (χ1) is 19.2. The van der Waals surface area contributed by atoms with Gasteiger partial charge in [0.05, 0.1) is 5.56 Å². The van der Waals surface area contributed by atoms with Crippen molar-refractivity contribution in [2.75, 3.05) is 0 Å². The van der Waals surface area contributed by atoms with Gasteiger partial charge in [-0.25, -0.2) is 4.39 Å². The Labute approximate surface area is 235 Å². The fourth-order valence-corrected chi connectivity index (χ4v) is 5.16. The van der Waals surface area contributed by atoms with Crippen LogP contribution in [0.15, 0.2) is 78.9 Å². The largest absolute Gasteiger partial charge is 0.205 e. The van der Waals surface area contributed by atoms with Gasteiger partial charge in [-0.2, -0.15) is 0 Å². The summed E-state index contributed by atoms with van der Waals surface area (Å²) in [5.74, 6) is 6.01. The molecular weight excluding hydrogens is 475 g/mol. The minimum atomic E-state index is -0.220. The molecule has 0 spiro atoms. The van der Waals surface area contributed by atoms with E-state index in [-0.39, 0.29) is 5.82 Å². The van der Waals surface area contributed by atoms with Crippen molar-refractivity contribution in [3.63, 3.8) is 0 Å². The topological polar surface area (TPSA) is 0 Å². The highest BCUT2D eigenvalue weighted by Gasteiger charge is 2.07. The van der Waals surface area contributed by atoms with Gasteiger partial charge in [0, 0.05) is 10.9 Å². The molecule has 0 heterocycles. The smallest absolute Gasteiger partial charge is 0.146 e. The van der Waals surface area contributed by atoms with E-state index in [0.717, 1.165) is 30.2 Å². The number of hydrogen-bond acceptors (Lipinski definition) is 0. The summed E-state index contributed by atoms with van der Waals surface area (Å²) in [6, 6.07) is 27.4. The second-order valence-electron chi connectivity index (χ2n) is 10.9. The average molecular weight is 519 g/mol. The van der Waals surface area contributed by atoms with Crippen LogP contribution in [0.4, 0.5) is 4.39 Å². The quantitative estimate of drug-likeness (QED) is 0.122. The molecule has 1 heteroatoms. The molecule has 0 atom stereocenters. The normalized spacial score (nSPS) is 10.9. The number of unbranched alkanes of at least 4 members (excludes halogenated alkanes) is 6. The van der Waals surface area contributed by atoms with Gasteiger partial charge in [-0.05, 0) is 84.4 Å². The van der Waals surface area contributed by atoms with Crippen LogP contribution in [-0.2, 0) is 25.7 Å². The molecule has 0 fully saturated rings.